The highest BCUT2D eigenvalue weighted by atomic mass is 35.5. The number of nitrogens with one attached hydrogen (secondary N) is 2. The summed E-state index contributed by atoms with van der Waals surface area (Å²) in [5, 5.41) is 5.14. The zero-order chi connectivity index (χ0) is 23.0. The Morgan fingerprint density at radius 3 is 2.56 bits per heavy atom. The number of Topliss-reactive ketones (excluding diaryl/α,β-unsaturated/α-hetero) is 1. The van der Waals surface area contributed by atoms with Gasteiger partial charge >= 0.3 is 0 Å². The largest absolute Gasteiger partial charge is 0.381 e. The second-order valence-electron chi connectivity index (χ2n) is 8.28. The molecule has 2 N–H and O–H groups in total. The molecular formula is C22H22ClF2N3O4. The lowest BCUT2D eigenvalue weighted by atomic mass is 9.92. The van der Waals surface area contributed by atoms with Crippen molar-refractivity contribution < 1.29 is 27.9 Å². The summed E-state index contributed by atoms with van der Waals surface area (Å²) in [6, 6.07) is 2.97. The Hall–Kier alpha value is -2.78. The van der Waals surface area contributed by atoms with Crippen LogP contribution in [0, 0.1) is 11.6 Å². The molecule has 0 bridgehead atoms. The Kier molecular flexibility index (Phi) is 6.05. The standard InChI is InChI=1S/C22H22ClF2N3O4/c1-22(6-9-32-10-7-22)27-21(31)19(29)18-17(23)16(15-3-2-8-28(15)18)20(30)26-12-4-5-13(24)14(25)11-12/h4-5,11H,2-3,6-10H2,1H3,(H,26,30)(H,27,31). The summed E-state index contributed by atoms with van der Waals surface area (Å²) in [6.45, 7) is 3.26. The maximum Gasteiger partial charge on any atom is 0.294 e. The van der Waals surface area contributed by atoms with Crippen LogP contribution in [0.1, 0.15) is 52.7 Å². The number of amides is 2. The third kappa shape index (κ3) is 4.14. The van der Waals surface area contributed by atoms with Crippen molar-refractivity contribution in [3.8, 4) is 0 Å². The number of carbonyl (C=O) groups is 3. The van der Waals surface area contributed by atoms with Crippen molar-refractivity contribution in [1.82, 2.24) is 9.88 Å². The number of nitrogens with zero attached hydrogens (tertiary/aromatic N) is 1. The fourth-order valence-corrected chi connectivity index (χ4v) is 4.53. The monoisotopic (exact) mass is 465 g/mol. The fourth-order valence-electron chi connectivity index (χ4n) is 4.15. The van der Waals surface area contributed by atoms with E-state index in [1.54, 1.807) is 4.57 Å². The van der Waals surface area contributed by atoms with Gasteiger partial charge in [-0.2, -0.15) is 0 Å². The van der Waals surface area contributed by atoms with Crippen molar-refractivity contribution >= 4 is 34.9 Å². The Bertz CT molecular complexity index is 1110. The van der Waals surface area contributed by atoms with Gasteiger partial charge in [-0.3, -0.25) is 14.4 Å². The smallest absolute Gasteiger partial charge is 0.294 e. The third-order valence-electron chi connectivity index (χ3n) is 5.94. The van der Waals surface area contributed by atoms with E-state index in [-0.39, 0.29) is 22.0 Å². The quantitative estimate of drug-likeness (QED) is 0.522. The summed E-state index contributed by atoms with van der Waals surface area (Å²) in [4.78, 5) is 38.7. The summed E-state index contributed by atoms with van der Waals surface area (Å²) in [5.41, 5.74) is 0.0275. The van der Waals surface area contributed by atoms with Crippen LogP contribution < -0.4 is 10.6 Å². The Balaban J connectivity index is 1.61. The summed E-state index contributed by atoms with van der Waals surface area (Å²) in [6.07, 6.45) is 2.32. The van der Waals surface area contributed by atoms with Crippen LogP contribution in [0.25, 0.3) is 0 Å². The van der Waals surface area contributed by atoms with Crippen LogP contribution in [0.2, 0.25) is 5.02 Å². The molecule has 7 nitrogen and oxygen atoms in total. The molecule has 10 heteroatoms. The van der Waals surface area contributed by atoms with Gasteiger partial charge < -0.3 is 19.9 Å². The number of rotatable bonds is 5. The Labute approximate surface area is 188 Å². The first-order chi connectivity index (χ1) is 15.2. The number of benzene rings is 1. The van der Waals surface area contributed by atoms with Gasteiger partial charge in [0.05, 0.1) is 10.6 Å². The number of ether oxygens (including phenoxy) is 1. The number of hydrogen-bond acceptors (Lipinski definition) is 4. The molecule has 2 amide bonds. The van der Waals surface area contributed by atoms with Crippen molar-refractivity contribution in [1.29, 1.82) is 0 Å². The molecule has 0 atom stereocenters. The number of hydrogen-bond donors (Lipinski definition) is 2. The minimum absolute atomic E-state index is 0.0391. The van der Waals surface area contributed by atoms with Crippen LogP contribution in [-0.2, 0) is 22.5 Å². The van der Waals surface area contributed by atoms with Crippen molar-refractivity contribution in [3.63, 3.8) is 0 Å². The lowest BCUT2D eigenvalue weighted by molar-refractivity contribution is -0.119. The van der Waals surface area contributed by atoms with Crippen molar-refractivity contribution in [2.24, 2.45) is 0 Å². The van der Waals surface area contributed by atoms with E-state index < -0.39 is 34.8 Å². The molecule has 3 heterocycles. The number of ketones is 1. The second kappa shape index (κ2) is 8.63. The molecule has 0 unspecified atom stereocenters. The number of anilines is 1. The minimum Gasteiger partial charge on any atom is -0.381 e. The van der Waals surface area contributed by atoms with Crippen LogP contribution in [0.4, 0.5) is 14.5 Å². The number of carbonyl (C=O) groups excluding carboxylic acids is 3. The first-order valence-corrected chi connectivity index (χ1v) is 10.7. The number of fused-ring (bicyclic) bond motifs is 1. The summed E-state index contributed by atoms with van der Waals surface area (Å²) in [5.74, 6) is -4.43. The number of aromatic nitrogens is 1. The highest BCUT2D eigenvalue weighted by molar-refractivity contribution is 6.48. The molecule has 0 radical (unpaired) electrons. The third-order valence-corrected chi connectivity index (χ3v) is 6.31. The van der Waals surface area contributed by atoms with Crippen LogP contribution in [0.15, 0.2) is 18.2 Å². The van der Waals surface area contributed by atoms with E-state index in [4.69, 9.17) is 16.3 Å². The molecule has 1 aromatic carbocycles. The zero-order valence-corrected chi connectivity index (χ0v) is 18.2. The van der Waals surface area contributed by atoms with E-state index in [0.717, 1.165) is 12.1 Å². The topological polar surface area (TPSA) is 89.4 Å². The van der Waals surface area contributed by atoms with E-state index in [9.17, 15) is 23.2 Å². The van der Waals surface area contributed by atoms with Crippen molar-refractivity contribution in [2.75, 3.05) is 18.5 Å². The number of halogens is 3. The van der Waals surface area contributed by atoms with Gasteiger partial charge in [0.1, 0.15) is 5.69 Å². The minimum atomic E-state index is -1.11. The molecule has 170 valence electrons. The van der Waals surface area contributed by atoms with E-state index in [1.807, 2.05) is 6.92 Å². The lowest BCUT2D eigenvalue weighted by Crippen LogP contribution is -2.51. The molecule has 2 aromatic rings. The van der Waals surface area contributed by atoms with Gasteiger partial charge in [0.25, 0.3) is 17.6 Å². The summed E-state index contributed by atoms with van der Waals surface area (Å²) < 4.78 is 33.6. The van der Waals surface area contributed by atoms with Gasteiger partial charge in [-0.1, -0.05) is 11.6 Å². The van der Waals surface area contributed by atoms with Crippen molar-refractivity contribution in [3.05, 3.63) is 51.8 Å². The molecule has 0 aliphatic carbocycles. The van der Waals surface area contributed by atoms with Gasteiger partial charge in [0.2, 0.25) is 0 Å². The highest BCUT2D eigenvalue weighted by Gasteiger charge is 2.37. The first-order valence-electron chi connectivity index (χ1n) is 10.3. The van der Waals surface area contributed by atoms with Crippen molar-refractivity contribution in [2.45, 2.75) is 44.7 Å². The van der Waals surface area contributed by atoms with Crippen LogP contribution in [0.5, 0.6) is 0 Å². The highest BCUT2D eigenvalue weighted by Crippen LogP contribution is 2.34. The predicted molar refractivity (Wildman–Crippen MR) is 113 cm³/mol. The summed E-state index contributed by atoms with van der Waals surface area (Å²) >= 11 is 6.44. The predicted octanol–water partition coefficient (Wildman–Crippen LogP) is 3.49. The van der Waals surface area contributed by atoms with Gasteiger partial charge in [-0.05, 0) is 44.7 Å². The van der Waals surface area contributed by atoms with E-state index in [2.05, 4.69) is 10.6 Å². The molecule has 2 aliphatic heterocycles. The Morgan fingerprint density at radius 2 is 1.88 bits per heavy atom. The molecule has 4 rings (SSSR count). The maximum atomic E-state index is 13.5. The molecule has 1 fully saturated rings. The molecule has 32 heavy (non-hydrogen) atoms. The lowest BCUT2D eigenvalue weighted by Gasteiger charge is -2.34. The molecule has 1 aromatic heterocycles. The Morgan fingerprint density at radius 1 is 1.16 bits per heavy atom. The molecule has 2 aliphatic rings. The van der Waals surface area contributed by atoms with Crippen LogP contribution in [0.3, 0.4) is 0 Å². The molecule has 0 spiro atoms. The zero-order valence-electron chi connectivity index (χ0n) is 17.4. The normalized spacial score (nSPS) is 17.0. The van der Waals surface area contributed by atoms with Gasteiger partial charge in [0, 0.05) is 42.7 Å². The first kappa shape index (κ1) is 22.4. The fraction of sp³-hybridized carbons (Fsp3) is 0.409. The SMILES string of the molecule is CC1(NC(=O)C(=O)c2c(Cl)c(C(=O)Nc3ccc(F)c(F)c3)c3n2CCC3)CCOCC1. The maximum absolute atomic E-state index is 13.5. The van der Waals surface area contributed by atoms with Gasteiger partial charge in [-0.15, -0.1) is 0 Å². The van der Waals surface area contributed by atoms with E-state index in [1.165, 1.54) is 6.07 Å². The average Bonchev–Trinajstić information content (AvgIpc) is 3.30. The molecule has 0 saturated carbocycles. The average molecular weight is 466 g/mol. The van der Waals surface area contributed by atoms with Gasteiger partial charge in [0.15, 0.2) is 11.6 Å². The van der Waals surface area contributed by atoms with Gasteiger partial charge in [-0.25, -0.2) is 8.78 Å². The molecular weight excluding hydrogens is 444 g/mol. The van der Waals surface area contributed by atoms with E-state index >= 15 is 0 Å². The van der Waals surface area contributed by atoms with E-state index in [0.29, 0.717) is 51.1 Å². The molecule has 1 saturated heterocycles. The second-order valence-corrected chi connectivity index (χ2v) is 8.66. The van der Waals surface area contributed by atoms with Crippen LogP contribution >= 0.6 is 11.6 Å². The summed E-state index contributed by atoms with van der Waals surface area (Å²) in [7, 11) is 0. The van der Waals surface area contributed by atoms with Crippen LogP contribution in [-0.4, -0.2) is 40.9 Å².